The molecule has 1 N–H and O–H groups in total. The summed E-state index contributed by atoms with van der Waals surface area (Å²) in [6.07, 6.45) is 4.97. The van der Waals surface area contributed by atoms with Crippen LogP contribution >= 0.6 is 0 Å². The third-order valence-corrected chi connectivity index (χ3v) is 6.63. The van der Waals surface area contributed by atoms with Gasteiger partial charge in [0.15, 0.2) is 0 Å². The fraction of sp³-hybridized carbons (Fsp3) is 0.346. The van der Waals surface area contributed by atoms with Gasteiger partial charge < -0.3 is 15.0 Å². The van der Waals surface area contributed by atoms with E-state index in [2.05, 4.69) is 22.5 Å². The topological polar surface area (TPSA) is 76.5 Å². The number of anilines is 1. The molecule has 2 unspecified atom stereocenters. The van der Waals surface area contributed by atoms with Crippen molar-refractivity contribution in [1.29, 1.82) is 0 Å². The second-order valence-electron chi connectivity index (χ2n) is 8.75. The summed E-state index contributed by atoms with van der Waals surface area (Å²) >= 11 is 0. The van der Waals surface area contributed by atoms with Gasteiger partial charge in [-0.25, -0.2) is 0 Å². The number of benzene rings is 2. The Hall–Kier alpha value is -3.61. The summed E-state index contributed by atoms with van der Waals surface area (Å²) in [4.78, 5) is 27.4. The molecule has 170 valence electrons. The Balaban J connectivity index is 1.26. The average molecular weight is 445 g/mol. The minimum atomic E-state index is -0.357. The number of fused-ring (bicyclic) bond motifs is 1. The minimum absolute atomic E-state index is 0.0275. The Kier molecular flexibility index (Phi) is 5.86. The Morgan fingerprint density at radius 1 is 1.15 bits per heavy atom. The number of nitrogens with one attached hydrogen (secondary N) is 1. The summed E-state index contributed by atoms with van der Waals surface area (Å²) in [7, 11) is 1.61. The molecule has 2 heterocycles. The van der Waals surface area contributed by atoms with E-state index in [1.54, 1.807) is 12.0 Å². The van der Waals surface area contributed by atoms with Gasteiger partial charge in [-0.2, -0.15) is 5.10 Å². The highest BCUT2D eigenvalue weighted by Gasteiger charge is 2.36. The summed E-state index contributed by atoms with van der Waals surface area (Å²) in [6.45, 7) is 1.12. The van der Waals surface area contributed by atoms with Gasteiger partial charge in [0.25, 0.3) is 0 Å². The molecule has 1 fully saturated rings. The van der Waals surface area contributed by atoms with Crippen molar-refractivity contribution < 1.29 is 14.3 Å². The second-order valence-corrected chi connectivity index (χ2v) is 8.75. The van der Waals surface area contributed by atoms with Gasteiger partial charge >= 0.3 is 0 Å². The highest BCUT2D eigenvalue weighted by atomic mass is 16.5. The third-order valence-electron chi connectivity index (χ3n) is 6.63. The van der Waals surface area contributed by atoms with Gasteiger partial charge in [-0.1, -0.05) is 30.3 Å². The van der Waals surface area contributed by atoms with Gasteiger partial charge in [0, 0.05) is 29.9 Å². The summed E-state index contributed by atoms with van der Waals surface area (Å²) < 4.78 is 7.24. The smallest absolute Gasteiger partial charge is 0.227 e. The Morgan fingerprint density at radius 2 is 1.94 bits per heavy atom. The van der Waals surface area contributed by atoms with Crippen LogP contribution < -0.4 is 15.0 Å². The summed E-state index contributed by atoms with van der Waals surface area (Å²) in [5, 5.41) is 7.83. The number of amides is 2. The lowest BCUT2D eigenvalue weighted by Gasteiger charge is -2.25. The van der Waals surface area contributed by atoms with Gasteiger partial charge in [-0.05, 0) is 49.1 Å². The summed E-state index contributed by atoms with van der Waals surface area (Å²) in [5.41, 5.74) is 4.29. The Bertz CT molecular complexity index is 1140. The van der Waals surface area contributed by atoms with Crippen LogP contribution in [0.2, 0.25) is 0 Å². The van der Waals surface area contributed by atoms with E-state index in [0.717, 1.165) is 42.8 Å². The SMILES string of the molecule is COc1ccc(N2CC(C(=O)NC3CCCc4c3cnn4Cc3ccccc3)CC2=O)cc1. The first-order valence-corrected chi connectivity index (χ1v) is 11.5. The van der Waals surface area contributed by atoms with E-state index in [0.29, 0.717) is 6.54 Å². The number of nitrogens with zero attached hydrogens (tertiary/aromatic N) is 3. The van der Waals surface area contributed by atoms with Crippen molar-refractivity contribution in [3.05, 3.63) is 77.6 Å². The quantitative estimate of drug-likeness (QED) is 0.632. The number of hydrogen-bond donors (Lipinski definition) is 1. The highest BCUT2D eigenvalue weighted by Crippen LogP contribution is 2.32. The molecule has 2 amide bonds. The van der Waals surface area contributed by atoms with Crippen LogP contribution in [0.25, 0.3) is 0 Å². The first-order chi connectivity index (χ1) is 16.1. The molecule has 1 saturated heterocycles. The van der Waals surface area contributed by atoms with Crippen LogP contribution in [0.4, 0.5) is 5.69 Å². The van der Waals surface area contributed by atoms with Gasteiger partial charge in [-0.3, -0.25) is 14.3 Å². The number of aromatic nitrogens is 2. The zero-order valence-corrected chi connectivity index (χ0v) is 18.7. The molecule has 1 aliphatic carbocycles. The number of methoxy groups -OCH3 is 1. The number of carbonyl (C=O) groups excluding carboxylic acids is 2. The predicted molar refractivity (Wildman–Crippen MR) is 125 cm³/mol. The van der Waals surface area contributed by atoms with Crippen molar-refractivity contribution >= 4 is 17.5 Å². The summed E-state index contributed by atoms with van der Waals surface area (Å²) in [5.74, 6) is 0.290. The van der Waals surface area contributed by atoms with Gasteiger partial charge in [-0.15, -0.1) is 0 Å². The van der Waals surface area contributed by atoms with Crippen molar-refractivity contribution in [2.75, 3.05) is 18.6 Å². The van der Waals surface area contributed by atoms with Crippen LogP contribution in [0.15, 0.2) is 60.8 Å². The normalized spacial score (nSPS) is 19.9. The number of carbonyl (C=O) groups is 2. The lowest BCUT2D eigenvalue weighted by Crippen LogP contribution is -2.36. The highest BCUT2D eigenvalue weighted by molar-refractivity contribution is 6.00. The minimum Gasteiger partial charge on any atom is -0.497 e. The van der Waals surface area contributed by atoms with Crippen molar-refractivity contribution in [3.63, 3.8) is 0 Å². The molecule has 5 rings (SSSR count). The fourth-order valence-corrected chi connectivity index (χ4v) is 4.85. The zero-order valence-electron chi connectivity index (χ0n) is 18.7. The molecule has 1 aromatic heterocycles. The number of rotatable bonds is 6. The second kappa shape index (κ2) is 9.10. The van der Waals surface area contributed by atoms with Gasteiger partial charge in [0.2, 0.25) is 11.8 Å². The van der Waals surface area contributed by atoms with Crippen molar-refractivity contribution in [2.45, 2.75) is 38.3 Å². The zero-order chi connectivity index (χ0) is 22.8. The monoisotopic (exact) mass is 444 g/mol. The third kappa shape index (κ3) is 4.35. The van der Waals surface area contributed by atoms with Gasteiger partial charge in [0.05, 0.1) is 31.8 Å². The van der Waals surface area contributed by atoms with Crippen molar-refractivity contribution in [3.8, 4) is 5.75 Å². The van der Waals surface area contributed by atoms with Crippen LogP contribution in [0.5, 0.6) is 5.75 Å². The molecule has 3 aromatic rings. The molecule has 1 aliphatic heterocycles. The molecular weight excluding hydrogens is 416 g/mol. The Labute approximate surface area is 193 Å². The first-order valence-electron chi connectivity index (χ1n) is 11.5. The first kappa shape index (κ1) is 21.2. The van der Waals surface area contributed by atoms with Crippen molar-refractivity contribution in [2.24, 2.45) is 5.92 Å². The standard InChI is InChI=1S/C26H28N4O3/c1-33-21-12-10-20(11-13-21)29-17-19(14-25(29)31)26(32)28-23-8-5-9-24-22(23)15-27-30(24)16-18-6-3-2-4-7-18/h2-4,6-7,10-13,15,19,23H,5,8-9,14,16-17H2,1H3,(H,28,32). The van der Waals surface area contributed by atoms with E-state index in [4.69, 9.17) is 4.74 Å². The van der Waals surface area contributed by atoms with E-state index in [-0.39, 0.29) is 30.2 Å². The molecule has 2 atom stereocenters. The Morgan fingerprint density at radius 3 is 2.70 bits per heavy atom. The molecular formula is C26H28N4O3. The van der Waals surface area contributed by atoms with Crippen LogP contribution in [0, 0.1) is 5.92 Å². The van der Waals surface area contributed by atoms with Crippen LogP contribution in [-0.2, 0) is 22.6 Å². The maximum Gasteiger partial charge on any atom is 0.227 e. The molecule has 0 bridgehead atoms. The van der Waals surface area contributed by atoms with Crippen LogP contribution in [0.1, 0.15) is 42.1 Å². The molecule has 2 aliphatic rings. The maximum atomic E-state index is 13.1. The number of ether oxygens (including phenoxy) is 1. The predicted octanol–water partition coefficient (Wildman–Crippen LogP) is 3.49. The van der Waals surface area contributed by atoms with Crippen molar-refractivity contribution in [1.82, 2.24) is 15.1 Å². The molecule has 7 nitrogen and oxygen atoms in total. The molecule has 0 spiro atoms. The largest absolute Gasteiger partial charge is 0.497 e. The van der Waals surface area contributed by atoms with E-state index in [1.165, 1.54) is 11.3 Å². The fourth-order valence-electron chi connectivity index (χ4n) is 4.85. The van der Waals surface area contributed by atoms with E-state index in [9.17, 15) is 9.59 Å². The molecule has 7 heteroatoms. The lowest BCUT2D eigenvalue weighted by molar-refractivity contribution is -0.127. The van der Waals surface area contributed by atoms with E-state index in [1.807, 2.05) is 53.3 Å². The molecule has 0 radical (unpaired) electrons. The van der Waals surface area contributed by atoms with E-state index >= 15 is 0 Å². The van der Waals surface area contributed by atoms with Gasteiger partial charge in [0.1, 0.15) is 5.75 Å². The summed E-state index contributed by atoms with van der Waals surface area (Å²) in [6, 6.07) is 17.6. The number of hydrogen-bond acceptors (Lipinski definition) is 4. The molecule has 0 saturated carbocycles. The lowest BCUT2D eigenvalue weighted by atomic mass is 9.92. The maximum absolute atomic E-state index is 13.1. The van der Waals surface area contributed by atoms with Crippen LogP contribution in [0.3, 0.4) is 0 Å². The molecule has 2 aromatic carbocycles. The molecule has 33 heavy (non-hydrogen) atoms. The van der Waals surface area contributed by atoms with E-state index < -0.39 is 0 Å². The average Bonchev–Trinajstić information content (AvgIpc) is 3.44. The van der Waals surface area contributed by atoms with Crippen LogP contribution in [-0.4, -0.2) is 35.2 Å².